The van der Waals surface area contributed by atoms with E-state index in [0.717, 1.165) is 31.4 Å². The van der Waals surface area contributed by atoms with Crippen molar-refractivity contribution in [3.63, 3.8) is 0 Å². The first kappa shape index (κ1) is 18.3. The Labute approximate surface area is 144 Å². The number of hydrogen-bond donors (Lipinski definition) is 2. The van der Waals surface area contributed by atoms with Gasteiger partial charge in [0.25, 0.3) is 0 Å². The van der Waals surface area contributed by atoms with Gasteiger partial charge in [-0.25, -0.2) is 0 Å². The Morgan fingerprint density at radius 2 is 1.87 bits per heavy atom. The first-order chi connectivity index (χ1) is 11.1. The van der Waals surface area contributed by atoms with Gasteiger partial charge in [0.05, 0.1) is 5.25 Å². The highest BCUT2D eigenvalue weighted by Gasteiger charge is 2.27. The molecule has 1 atom stereocenters. The van der Waals surface area contributed by atoms with Gasteiger partial charge in [-0.05, 0) is 43.1 Å². The van der Waals surface area contributed by atoms with Gasteiger partial charge < -0.3 is 10.4 Å². The predicted molar refractivity (Wildman–Crippen MR) is 97.3 cm³/mol. The number of rotatable bonds is 7. The average molecular weight is 336 g/mol. The quantitative estimate of drug-likeness (QED) is 0.800. The lowest BCUT2D eigenvalue weighted by Gasteiger charge is -2.30. The standard InChI is InChI=1S/C19H29NO2S/c1-14(2)18(23-13-16-6-4-3-5-7-16)19(22)20-17-10-8-15(12-21)9-11-17/h3-7,14-15,17-18,21H,8-13H2,1-2H3,(H,20,22). The van der Waals surface area contributed by atoms with Crippen molar-refractivity contribution in [1.82, 2.24) is 5.32 Å². The molecule has 0 aromatic heterocycles. The fraction of sp³-hybridized carbons (Fsp3) is 0.632. The van der Waals surface area contributed by atoms with E-state index in [2.05, 4.69) is 31.3 Å². The van der Waals surface area contributed by atoms with Crippen LogP contribution in [-0.4, -0.2) is 28.9 Å². The summed E-state index contributed by atoms with van der Waals surface area (Å²) in [6.07, 6.45) is 4.02. The van der Waals surface area contributed by atoms with Crippen molar-refractivity contribution in [3.8, 4) is 0 Å². The maximum atomic E-state index is 12.6. The smallest absolute Gasteiger partial charge is 0.233 e. The van der Waals surface area contributed by atoms with Crippen molar-refractivity contribution in [3.05, 3.63) is 35.9 Å². The van der Waals surface area contributed by atoms with Crippen LogP contribution in [0.25, 0.3) is 0 Å². The van der Waals surface area contributed by atoms with Crippen molar-refractivity contribution in [2.45, 2.75) is 56.6 Å². The van der Waals surface area contributed by atoms with Gasteiger partial charge in [0.15, 0.2) is 0 Å². The van der Waals surface area contributed by atoms with Crippen LogP contribution in [0.4, 0.5) is 0 Å². The zero-order valence-corrected chi connectivity index (χ0v) is 15.0. The molecular formula is C19H29NO2S. The topological polar surface area (TPSA) is 49.3 Å². The van der Waals surface area contributed by atoms with Crippen LogP contribution in [0.5, 0.6) is 0 Å². The Balaban J connectivity index is 1.83. The van der Waals surface area contributed by atoms with E-state index in [9.17, 15) is 9.90 Å². The molecule has 1 aromatic carbocycles. The summed E-state index contributed by atoms with van der Waals surface area (Å²) in [5.41, 5.74) is 1.26. The van der Waals surface area contributed by atoms with E-state index in [4.69, 9.17) is 0 Å². The second kappa shape index (κ2) is 9.33. The molecule has 1 unspecified atom stereocenters. The molecule has 3 nitrogen and oxygen atoms in total. The van der Waals surface area contributed by atoms with Gasteiger partial charge in [0.2, 0.25) is 5.91 Å². The van der Waals surface area contributed by atoms with Gasteiger partial charge in [-0.2, -0.15) is 0 Å². The molecule has 0 radical (unpaired) electrons. The first-order valence-corrected chi connectivity index (χ1v) is 9.71. The van der Waals surface area contributed by atoms with E-state index < -0.39 is 0 Å². The van der Waals surface area contributed by atoms with Gasteiger partial charge in [0.1, 0.15) is 0 Å². The lowest BCUT2D eigenvalue weighted by molar-refractivity contribution is -0.122. The molecule has 23 heavy (non-hydrogen) atoms. The molecule has 2 N–H and O–H groups in total. The van der Waals surface area contributed by atoms with Gasteiger partial charge in [-0.1, -0.05) is 44.2 Å². The highest BCUT2D eigenvalue weighted by molar-refractivity contribution is 7.99. The number of carbonyl (C=O) groups excluding carboxylic acids is 1. The van der Waals surface area contributed by atoms with Crippen molar-refractivity contribution in [2.75, 3.05) is 6.61 Å². The van der Waals surface area contributed by atoms with Crippen LogP contribution in [0.3, 0.4) is 0 Å². The maximum Gasteiger partial charge on any atom is 0.233 e. The Kier molecular flexibility index (Phi) is 7.44. The molecule has 1 fully saturated rings. The van der Waals surface area contributed by atoms with Crippen molar-refractivity contribution in [2.24, 2.45) is 11.8 Å². The zero-order valence-electron chi connectivity index (χ0n) is 14.2. The van der Waals surface area contributed by atoms with Crippen LogP contribution in [-0.2, 0) is 10.5 Å². The third-order valence-electron chi connectivity index (χ3n) is 4.59. The molecule has 0 heterocycles. The maximum absolute atomic E-state index is 12.6. The van der Waals surface area contributed by atoms with E-state index >= 15 is 0 Å². The Hall–Kier alpha value is -1.00. The summed E-state index contributed by atoms with van der Waals surface area (Å²) in [5.74, 6) is 1.79. The van der Waals surface area contributed by atoms with Crippen LogP contribution in [0.15, 0.2) is 30.3 Å². The third kappa shape index (κ3) is 5.85. The summed E-state index contributed by atoms with van der Waals surface area (Å²) in [6, 6.07) is 10.6. The molecule has 0 aliphatic heterocycles. The minimum Gasteiger partial charge on any atom is -0.396 e. The molecular weight excluding hydrogens is 306 g/mol. The molecule has 0 bridgehead atoms. The van der Waals surface area contributed by atoms with Crippen LogP contribution in [0.1, 0.15) is 45.1 Å². The molecule has 1 amide bonds. The monoisotopic (exact) mass is 335 g/mol. The molecule has 128 valence electrons. The van der Waals surface area contributed by atoms with E-state index in [1.54, 1.807) is 11.8 Å². The SMILES string of the molecule is CC(C)C(SCc1ccccc1)C(=O)NC1CCC(CO)CC1. The normalized spacial score (nSPS) is 22.8. The number of benzene rings is 1. The molecule has 1 aliphatic carbocycles. The minimum absolute atomic E-state index is 0.00854. The van der Waals surface area contributed by atoms with Crippen LogP contribution < -0.4 is 5.32 Å². The van der Waals surface area contributed by atoms with E-state index in [0.29, 0.717) is 11.8 Å². The van der Waals surface area contributed by atoms with E-state index in [-0.39, 0.29) is 23.8 Å². The van der Waals surface area contributed by atoms with Gasteiger partial charge in [-0.15, -0.1) is 11.8 Å². The van der Waals surface area contributed by atoms with Crippen molar-refractivity contribution in [1.29, 1.82) is 0 Å². The zero-order chi connectivity index (χ0) is 16.7. The number of nitrogens with one attached hydrogen (secondary N) is 1. The molecule has 1 aromatic rings. The number of carbonyl (C=O) groups is 1. The van der Waals surface area contributed by atoms with Gasteiger partial charge >= 0.3 is 0 Å². The molecule has 0 saturated heterocycles. The molecule has 1 saturated carbocycles. The van der Waals surface area contributed by atoms with Crippen LogP contribution in [0.2, 0.25) is 0 Å². The average Bonchev–Trinajstić information content (AvgIpc) is 2.56. The Morgan fingerprint density at radius 1 is 1.22 bits per heavy atom. The highest BCUT2D eigenvalue weighted by atomic mass is 32.2. The van der Waals surface area contributed by atoms with Crippen molar-refractivity contribution < 1.29 is 9.90 Å². The van der Waals surface area contributed by atoms with Gasteiger partial charge in [0, 0.05) is 18.4 Å². The number of aliphatic hydroxyl groups is 1. The van der Waals surface area contributed by atoms with Crippen molar-refractivity contribution >= 4 is 17.7 Å². The molecule has 1 aliphatic rings. The van der Waals surface area contributed by atoms with Crippen LogP contribution >= 0.6 is 11.8 Å². The Morgan fingerprint density at radius 3 is 2.43 bits per heavy atom. The highest BCUT2D eigenvalue weighted by Crippen LogP contribution is 2.27. The predicted octanol–water partition coefficient (Wildman–Crippen LogP) is 3.61. The number of hydrogen-bond acceptors (Lipinski definition) is 3. The summed E-state index contributed by atoms with van der Waals surface area (Å²) in [7, 11) is 0. The second-order valence-corrected chi connectivity index (χ2v) is 8.00. The fourth-order valence-electron chi connectivity index (χ4n) is 3.10. The number of amides is 1. The van der Waals surface area contributed by atoms with Gasteiger partial charge in [-0.3, -0.25) is 4.79 Å². The molecule has 2 rings (SSSR count). The lowest BCUT2D eigenvalue weighted by atomic mass is 9.86. The van der Waals surface area contributed by atoms with Crippen LogP contribution in [0, 0.1) is 11.8 Å². The largest absolute Gasteiger partial charge is 0.396 e. The van der Waals surface area contributed by atoms with E-state index in [1.807, 2.05) is 18.2 Å². The lowest BCUT2D eigenvalue weighted by Crippen LogP contribution is -2.43. The summed E-state index contributed by atoms with van der Waals surface area (Å²) in [4.78, 5) is 12.6. The minimum atomic E-state index is -0.00854. The summed E-state index contributed by atoms with van der Waals surface area (Å²) in [5, 5.41) is 12.4. The fourth-order valence-corrected chi connectivity index (χ4v) is 4.27. The second-order valence-electron chi connectivity index (χ2n) is 6.87. The Bertz CT molecular complexity index is 470. The summed E-state index contributed by atoms with van der Waals surface area (Å²) < 4.78 is 0. The van der Waals surface area contributed by atoms with E-state index in [1.165, 1.54) is 5.56 Å². The summed E-state index contributed by atoms with van der Waals surface area (Å²) >= 11 is 1.73. The number of thioether (sulfide) groups is 1. The molecule has 4 heteroatoms. The first-order valence-electron chi connectivity index (χ1n) is 8.67. The molecule has 0 spiro atoms. The third-order valence-corrected chi connectivity index (χ3v) is 6.21. The number of aliphatic hydroxyl groups excluding tert-OH is 1. The summed E-state index contributed by atoms with van der Waals surface area (Å²) in [6.45, 7) is 4.51.